The summed E-state index contributed by atoms with van der Waals surface area (Å²) >= 11 is 0. The van der Waals surface area contributed by atoms with Crippen molar-refractivity contribution in [3.05, 3.63) is 52.3 Å². The fourth-order valence-electron chi connectivity index (χ4n) is 3.71. The Labute approximate surface area is 156 Å². The van der Waals surface area contributed by atoms with Gasteiger partial charge in [0.05, 0.1) is 0 Å². The minimum Gasteiger partial charge on any atom is -0.507 e. The molecule has 4 heteroatoms. The largest absolute Gasteiger partial charge is 0.507 e. The Bertz CT molecular complexity index is 774. The summed E-state index contributed by atoms with van der Waals surface area (Å²) in [5.74, 6) is 1.39. The zero-order valence-corrected chi connectivity index (χ0v) is 16.4. The van der Waals surface area contributed by atoms with E-state index in [1.54, 1.807) is 0 Å². The van der Waals surface area contributed by atoms with Gasteiger partial charge in [-0.15, -0.1) is 0 Å². The van der Waals surface area contributed by atoms with E-state index in [9.17, 15) is 5.11 Å². The van der Waals surface area contributed by atoms with Crippen LogP contribution in [-0.4, -0.2) is 28.8 Å². The van der Waals surface area contributed by atoms with Crippen molar-refractivity contribution in [1.82, 2.24) is 10.3 Å². The standard InChI is InChI=1S/C22H30N2O2/c1-15-16(2)21-19(17(3)20(15)25)10-11-22(4,26-21)14-23-12-7-9-18-8-5-6-13-24-18/h5-6,8,13,23,25H,7,9-12,14H2,1-4H3. The van der Waals surface area contributed by atoms with Crippen molar-refractivity contribution in [3.8, 4) is 11.5 Å². The number of aromatic hydroxyl groups is 1. The van der Waals surface area contributed by atoms with E-state index in [0.717, 1.165) is 66.9 Å². The van der Waals surface area contributed by atoms with Gasteiger partial charge in [-0.1, -0.05) is 6.07 Å². The Morgan fingerprint density at radius 3 is 2.73 bits per heavy atom. The summed E-state index contributed by atoms with van der Waals surface area (Å²) in [6, 6.07) is 6.06. The first-order valence-electron chi connectivity index (χ1n) is 9.52. The highest BCUT2D eigenvalue weighted by Gasteiger charge is 2.34. The van der Waals surface area contributed by atoms with Crippen molar-refractivity contribution >= 4 is 0 Å². The molecule has 0 bridgehead atoms. The molecule has 1 aliphatic heterocycles. The second-order valence-electron chi connectivity index (χ2n) is 7.68. The van der Waals surface area contributed by atoms with Crippen LogP contribution in [0.25, 0.3) is 0 Å². The van der Waals surface area contributed by atoms with Gasteiger partial charge < -0.3 is 15.2 Å². The third kappa shape index (κ3) is 3.85. The number of rotatable bonds is 6. The molecule has 1 aromatic heterocycles. The predicted molar refractivity (Wildman–Crippen MR) is 105 cm³/mol. The summed E-state index contributed by atoms with van der Waals surface area (Å²) in [4.78, 5) is 4.37. The molecule has 0 saturated heterocycles. The van der Waals surface area contributed by atoms with Crippen LogP contribution in [0.1, 0.15) is 47.7 Å². The zero-order chi connectivity index (χ0) is 18.7. The predicted octanol–water partition coefficient (Wildman–Crippen LogP) is 4.02. The summed E-state index contributed by atoms with van der Waals surface area (Å²) < 4.78 is 6.45. The van der Waals surface area contributed by atoms with Gasteiger partial charge in [-0.05, 0) is 88.7 Å². The molecule has 1 atom stereocenters. The van der Waals surface area contributed by atoms with E-state index < -0.39 is 0 Å². The van der Waals surface area contributed by atoms with Crippen molar-refractivity contribution in [2.45, 2.75) is 59.0 Å². The quantitative estimate of drug-likeness (QED) is 0.770. The van der Waals surface area contributed by atoms with Crippen LogP contribution in [0.2, 0.25) is 0 Å². The van der Waals surface area contributed by atoms with Crippen molar-refractivity contribution < 1.29 is 9.84 Å². The second kappa shape index (κ2) is 7.67. The number of pyridine rings is 1. The average Bonchev–Trinajstić information content (AvgIpc) is 2.65. The van der Waals surface area contributed by atoms with Crippen LogP contribution >= 0.6 is 0 Å². The molecular weight excluding hydrogens is 324 g/mol. The highest BCUT2D eigenvalue weighted by Crippen LogP contribution is 2.43. The number of phenolic OH excluding ortho intramolecular Hbond substituents is 1. The summed E-state index contributed by atoms with van der Waals surface area (Å²) in [5.41, 5.74) is 5.05. The molecule has 1 aromatic carbocycles. The van der Waals surface area contributed by atoms with Gasteiger partial charge in [-0.25, -0.2) is 0 Å². The number of hydrogen-bond donors (Lipinski definition) is 2. The molecule has 0 aliphatic carbocycles. The molecule has 2 heterocycles. The third-order valence-corrected chi connectivity index (χ3v) is 5.60. The molecule has 1 unspecified atom stereocenters. The van der Waals surface area contributed by atoms with Crippen LogP contribution in [0.15, 0.2) is 24.4 Å². The minimum atomic E-state index is -0.210. The van der Waals surface area contributed by atoms with Crippen LogP contribution in [0, 0.1) is 20.8 Å². The SMILES string of the molecule is Cc1c(C)c2c(c(C)c1O)CCC(C)(CNCCCc1ccccn1)O2. The molecule has 26 heavy (non-hydrogen) atoms. The molecule has 0 radical (unpaired) electrons. The average molecular weight is 354 g/mol. The van der Waals surface area contributed by atoms with E-state index in [-0.39, 0.29) is 5.60 Å². The van der Waals surface area contributed by atoms with E-state index in [1.165, 1.54) is 5.56 Å². The molecule has 1 aliphatic rings. The van der Waals surface area contributed by atoms with E-state index in [4.69, 9.17) is 4.74 Å². The van der Waals surface area contributed by atoms with Crippen LogP contribution in [0.3, 0.4) is 0 Å². The minimum absolute atomic E-state index is 0.210. The highest BCUT2D eigenvalue weighted by molar-refractivity contribution is 5.58. The second-order valence-corrected chi connectivity index (χ2v) is 7.68. The number of ether oxygens (including phenoxy) is 1. The Hall–Kier alpha value is -2.07. The monoisotopic (exact) mass is 354 g/mol. The lowest BCUT2D eigenvalue weighted by molar-refractivity contribution is 0.0634. The zero-order valence-electron chi connectivity index (χ0n) is 16.4. The summed E-state index contributed by atoms with van der Waals surface area (Å²) in [5, 5.41) is 13.8. The topological polar surface area (TPSA) is 54.4 Å². The van der Waals surface area contributed by atoms with E-state index >= 15 is 0 Å². The summed E-state index contributed by atoms with van der Waals surface area (Å²) in [7, 11) is 0. The molecule has 0 saturated carbocycles. The van der Waals surface area contributed by atoms with Crippen molar-refractivity contribution in [3.63, 3.8) is 0 Å². The number of nitrogens with one attached hydrogen (secondary N) is 1. The fourth-order valence-corrected chi connectivity index (χ4v) is 3.71. The molecule has 140 valence electrons. The Balaban J connectivity index is 1.57. The number of fused-ring (bicyclic) bond motifs is 1. The first-order chi connectivity index (χ1) is 12.4. The van der Waals surface area contributed by atoms with Crippen molar-refractivity contribution in [2.75, 3.05) is 13.1 Å². The first-order valence-corrected chi connectivity index (χ1v) is 9.52. The van der Waals surface area contributed by atoms with Crippen molar-refractivity contribution in [1.29, 1.82) is 0 Å². The summed E-state index contributed by atoms with van der Waals surface area (Å²) in [6.45, 7) is 9.95. The van der Waals surface area contributed by atoms with Crippen LogP contribution < -0.4 is 10.1 Å². The van der Waals surface area contributed by atoms with Gasteiger partial charge in [0.15, 0.2) is 0 Å². The summed E-state index contributed by atoms with van der Waals surface area (Å²) in [6.07, 6.45) is 5.80. The van der Waals surface area contributed by atoms with E-state index in [0.29, 0.717) is 5.75 Å². The third-order valence-electron chi connectivity index (χ3n) is 5.60. The van der Waals surface area contributed by atoms with Gasteiger partial charge in [-0.2, -0.15) is 0 Å². The molecule has 2 aromatic rings. The Morgan fingerprint density at radius 1 is 1.19 bits per heavy atom. The Morgan fingerprint density at radius 2 is 2.00 bits per heavy atom. The van der Waals surface area contributed by atoms with Gasteiger partial charge in [0, 0.05) is 24.0 Å². The number of hydrogen-bond acceptors (Lipinski definition) is 4. The maximum Gasteiger partial charge on any atom is 0.127 e. The lowest BCUT2D eigenvalue weighted by Crippen LogP contribution is -2.46. The number of benzene rings is 1. The molecule has 3 rings (SSSR count). The molecule has 4 nitrogen and oxygen atoms in total. The molecular formula is C22H30N2O2. The number of phenols is 1. The van der Waals surface area contributed by atoms with Crippen LogP contribution in [0.4, 0.5) is 0 Å². The van der Waals surface area contributed by atoms with Crippen LogP contribution in [0.5, 0.6) is 11.5 Å². The normalized spacial score (nSPS) is 19.1. The Kier molecular flexibility index (Phi) is 5.52. The number of aromatic nitrogens is 1. The van der Waals surface area contributed by atoms with Gasteiger partial charge >= 0.3 is 0 Å². The van der Waals surface area contributed by atoms with Gasteiger partial charge in [0.2, 0.25) is 0 Å². The number of nitrogens with zero attached hydrogens (tertiary/aromatic N) is 1. The smallest absolute Gasteiger partial charge is 0.127 e. The molecule has 0 amide bonds. The van der Waals surface area contributed by atoms with Gasteiger partial charge in [-0.3, -0.25) is 4.98 Å². The maximum atomic E-state index is 10.3. The molecule has 2 N–H and O–H groups in total. The van der Waals surface area contributed by atoms with E-state index in [1.807, 2.05) is 39.1 Å². The first kappa shape index (κ1) is 18.7. The fraction of sp³-hybridized carbons (Fsp3) is 0.500. The van der Waals surface area contributed by atoms with Gasteiger partial charge in [0.1, 0.15) is 17.1 Å². The highest BCUT2D eigenvalue weighted by atomic mass is 16.5. The van der Waals surface area contributed by atoms with Gasteiger partial charge in [0.25, 0.3) is 0 Å². The van der Waals surface area contributed by atoms with E-state index in [2.05, 4.69) is 23.3 Å². The lowest BCUT2D eigenvalue weighted by atomic mass is 9.87. The molecule has 0 spiro atoms. The van der Waals surface area contributed by atoms with Crippen molar-refractivity contribution in [2.24, 2.45) is 0 Å². The molecule has 0 fully saturated rings. The van der Waals surface area contributed by atoms with Crippen LogP contribution in [-0.2, 0) is 12.8 Å². The number of aryl methyl sites for hydroxylation is 1. The maximum absolute atomic E-state index is 10.3. The lowest BCUT2D eigenvalue weighted by Gasteiger charge is -2.38.